The van der Waals surface area contributed by atoms with Gasteiger partial charge in [0.2, 0.25) is 0 Å². The van der Waals surface area contributed by atoms with Gasteiger partial charge in [0.15, 0.2) is 5.82 Å². The second kappa shape index (κ2) is 5.36. The summed E-state index contributed by atoms with van der Waals surface area (Å²) in [6.07, 6.45) is 0. The van der Waals surface area contributed by atoms with Crippen LogP contribution in [0.1, 0.15) is 36.8 Å². The predicted molar refractivity (Wildman–Crippen MR) is 78.2 cm³/mol. The Kier molecular flexibility index (Phi) is 3.79. The first-order valence-corrected chi connectivity index (χ1v) is 6.41. The lowest BCUT2D eigenvalue weighted by Crippen LogP contribution is -2.12. The minimum Gasteiger partial charge on any atom is -0.497 e. The molecule has 20 heavy (non-hydrogen) atoms. The molecule has 0 aliphatic heterocycles. The van der Waals surface area contributed by atoms with Gasteiger partial charge < -0.3 is 10.1 Å². The third-order valence-electron chi connectivity index (χ3n) is 2.98. The van der Waals surface area contributed by atoms with Gasteiger partial charge in [-0.3, -0.25) is 9.89 Å². The van der Waals surface area contributed by atoms with E-state index in [9.17, 15) is 4.79 Å². The summed E-state index contributed by atoms with van der Waals surface area (Å²) in [7, 11) is 1.59. The van der Waals surface area contributed by atoms with Gasteiger partial charge in [0.25, 0.3) is 5.91 Å². The number of ether oxygens (including phenoxy) is 1. The van der Waals surface area contributed by atoms with Crippen LogP contribution in [0, 0.1) is 0 Å². The quantitative estimate of drug-likeness (QED) is 0.903. The number of H-pyrrole nitrogens is 1. The number of nitrogens with zero attached hydrogens (tertiary/aromatic N) is 1. The maximum absolute atomic E-state index is 12.1. The Morgan fingerprint density at radius 3 is 2.40 bits per heavy atom. The molecule has 0 radical (unpaired) electrons. The fourth-order valence-corrected chi connectivity index (χ4v) is 1.70. The Morgan fingerprint density at radius 2 is 1.90 bits per heavy atom. The minimum atomic E-state index is -0.195. The third kappa shape index (κ3) is 3.17. The number of hydrogen-bond donors (Lipinski definition) is 2. The molecule has 2 N–H and O–H groups in total. The van der Waals surface area contributed by atoms with Crippen LogP contribution in [0.25, 0.3) is 0 Å². The number of hydrogen-bond acceptors (Lipinski definition) is 3. The summed E-state index contributed by atoms with van der Waals surface area (Å²) >= 11 is 0. The van der Waals surface area contributed by atoms with E-state index in [0.29, 0.717) is 11.4 Å². The summed E-state index contributed by atoms with van der Waals surface area (Å²) in [5.74, 6) is 1.05. The molecule has 0 spiro atoms. The highest BCUT2D eigenvalue weighted by atomic mass is 16.5. The Bertz CT molecular complexity index is 594. The van der Waals surface area contributed by atoms with Crippen molar-refractivity contribution in [1.29, 1.82) is 0 Å². The number of carbonyl (C=O) groups excluding carboxylic acids is 1. The third-order valence-corrected chi connectivity index (χ3v) is 2.98. The molecule has 0 bridgehead atoms. The van der Waals surface area contributed by atoms with Crippen molar-refractivity contribution < 1.29 is 9.53 Å². The summed E-state index contributed by atoms with van der Waals surface area (Å²) in [5.41, 5.74) is 1.50. The van der Waals surface area contributed by atoms with Crippen LogP contribution in [0.4, 0.5) is 5.82 Å². The highest BCUT2D eigenvalue weighted by molar-refractivity contribution is 6.03. The average molecular weight is 273 g/mol. The lowest BCUT2D eigenvalue weighted by Gasteiger charge is -2.14. The van der Waals surface area contributed by atoms with Crippen LogP contribution >= 0.6 is 0 Å². The number of benzene rings is 1. The van der Waals surface area contributed by atoms with Gasteiger partial charge in [0.1, 0.15) is 5.75 Å². The highest BCUT2D eigenvalue weighted by Crippen LogP contribution is 2.22. The molecular weight excluding hydrogens is 254 g/mol. The van der Waals surface area contributed by atoms with Crippen LogP contribution in [-0.2, 0) is 5.41 Å². The highest BCUT2D eigenvalue weighted by Gasteiger charge is 2.17. The van der Waals surface area contributed by atoms with Crippen molar-refractivity contribution in [2.45, 2.75) is 26.2 Å². The Morgan fingerprint density at radius 1 is 1.25 bits per heavy atom. The van der Waals surface area contributed by atoms with Crippen molar-refractivity contribution in [3.8, 4) is 5.75 Å². The van der Waals surface area contributed by atoms with E-state index in [-0.39, 0.29) is 11.3 Å². The van der Waals surface area contributed by atoms with E-state index in [1.807, 2.05) is 6.07 Å². The van der Waals surface area contributed by atoms with Gasteiger partial charge in [-0.2, -0.15) is 5.10 Å². The average Bonchev–Trinajstić information content (AvgIpc) is 2.87. The zero-order valence-corrected chi connectivity index (χ0v) is 12.2. The van der Waals surface area contributed by atoms with Gasteiger partial charge in [-0.25, -0.2) is 0 Å². The number of amides is 1. The molecule has 0 unspecified atom stereocenters. The zero-order valence-electron chi connectivity index (χ0n) is 12.2. The van der Waals surface area contributed by atoms with E-state index in [2.05, 4.69) is 36.3 Å². The minimum absolute atomic E-state index is 0.0317. The lowest BCUT2D eigenvalue weighted by atomic mass is 9.92. The van der Waals surface area contributed by atoms with E-state index in [4.69, 9.17) is 4.74 Å². The molecule has 5 heteroatoms. The predicted octanol–water partition coefficient (Wildman–Crippen LogP) is 2.97. The number of aromatic nitrogens is 2. The summed E-state index contributed by atoms with van der Waals surface area (Å²) in [5, 5.41) is 9.80. The van der Waals surface area contributed by atoms with Crippen molar-refractivity contribution in [2.75, 3.05) is 12.4 Å². The van der Waals surface area contributed by atoms with Crippen molar-refractivity contribution in [1.82, 2.24) is 10.2 Å². The van der Waals surface area contributed by atoms with Gasteiger partial charge in [-0.15, -0.1) is 0 Å². The molecule has 1 aromatic carbocycles. The largest absolute Gasteiger partial charge is 0.497 e. The van der Waals surface area contributed by atoms with Gasteiger partial charge in [0.05, 0.1) is 7.11 Å². The molecule has 1 aromatic heterocycles. The second-order valence-corrected chi connectivity index (χ2v) is 5.60. The van der Waals surface area contributed by atoms with Crippen molar-refractivity contribution in [3.05, 3.63) is 41.6 Å². The fraction of sp³-hybridized carbons (Fsp3) is 0.333. The van der Waals surface area contributed by atoms with Crippen LogP contribution in [0.2, 0.25) is 0 Å². The normalized spacial score (nSPS) is 11.2. The maximum Gasteiger partial charge on any atom is 0.256 e. The van der Waals surface area contributed by atoms with Crippen LogP contribution < -0.4 is 10.1 Å². The molecule has 1 amide bonds. The molecule has 0 fully saturated rings. The number of rotatable bonds is 3. The zero-order chi connectivity index (χ0) is 14.8. The van der Waals surface area contributed by atoms with E-state index < -0.39 is 0 Å². The van der Waals surface area contributed by atoms with Gasteiger partial charge in [-0.05, 0) is 24.3 Å². The lowest BCUT2D eigenvalue weighted by molar-refractivity contribution is 0.102. The molecule has 2 rings (SSSR count). The Balaban J connectivity index is 2.09. The molecule has 2 aromatic rings. The number of anilines is 1. The smallest absolute Gasteiger partial charge is 0.256 e. The topological polar surface area (TPSA) is 67.0 Å². The summed E-state index contributed by atoms with van der Waals surface area (Å²) in [6, 6.07) is 8.78. The van der Waals surface area contributed by atoms with Crippen LogP contribution in [0.5, 0.6) is 5.75 Å². The standard InChI is InChI=1S/C15H19N3O2/c1-15(2,3)12-9-13(18-17-12)16-14(19)10-5-7-11(20-4)8-6-10/h5-9H,1-4H3,(H2,16,17,18,19). The molecule has 0 saturated heterocycles. The SMILES string of the molecule is COc1ccc(C(=O)Nc2cc(C(C)(C)C)[nH]n2)cc1. The van der Waals surface area contributed by atoms with E-state index in [1.54, 1.807) is 31.4 Å². The van der Waals surface area contributed by atoms with Crippen molar-refractivity contribution in [2.24, 2.45) is 0 Å². The summed E-state index contributed by atoms with van der Waals surface area (Å²) < 4.78 is 5.06. The van der Waals surface area contributed by atoms with Crippen LogP contribution in [0.3, 0.4) is 0 Å². The summed E-state index contributed by atoms with van der Waals surface area (Å²) in [6.45, 7) is 6.24. The first-order chi connectivity index (χ1) is 9.40. The molecule has 0 saturated carbocycles. The molecule has 106 valence electrons. The van der Waals surface area contributed by atoms with Crippen molar-refractivity contribution >= 4 is 11.7 Å². The van der Waals surface area contributed by atoms with Gasteiger partial charge in [-0.1, -0.05) is 20.8 Å². The monoisotopic (exact) mass is 273 g/mol. The molecule has 0 atom stereocenters. The maximum atomic E-state index is 12.1. The van der Waals surface area contributed by atoms with Crippen LogP contribution in [0.15, 0.2) is 30.3 Å². The number of aromatic amines is 1. The van der Waals surface area contributed by atoms with Crippen molar-refractivity contribution in [3.63, 3.8) is 0 Å². The fourth-order valence-electron chi connectivity index (χ4n) is 1.70. The van der Waals surface area contributed by atoms with Crippen LogP contribution in [-0.4, -0.2) is 23.2 Å². The van der Waals surface area contributed by atoms with E-state index in [0.717, 1.165) is 11.4 Å². The summed E-state index contributed by atoms with van der Waals surface area (Å²) in [4.78, 5) is 12.1. The molecule has 1 heterocycles. The van der Waals surface area contributed by atoms with E-state index in [1.165, 1.54) is 0 Å². The Hall–Kier alpha value is -2.30. The van der Waals surface area contributed by atoms with E-state index >= 15 is 0 Å². The molecular formula is C15H19N3O2. The molecule has 5 nitrogen and oxygen atoms in total. The molecule has 0 aliphatic carbocycles. The first kappa shape index (κ1) is 14.1. The molecule has 0 aliphatic rings. The number of methoxy groups -OCH3 is 1. The first-order valence-electron chi connectivity index (χ1n) is 6.41. The Labute approximate surface area is 118 Å². The van der Waals surface area contributed by atoms with Gasteiger partial charge in [0, 0.05) is 22.7 Å². The number of nitrogens with one attached hydrogen (secondary N) is 2. The van der Waals surface area contributed by atoms with Gasteiger partial charge >= 0.3 is 0 Å². The second-order valence-electron chi connectivity index (χ2n) is 5.60. The number of carbonyl (C=O) groups is 1.